The third-order valence-corrected chi connectivity index (χ3v) is 4.90. The van der Waals surface area contributed by atoms with Gasteiger partial charge < -0.3 is 0 Å². The molecule has 0 aliphatic heterocycles. The van der Waals surface area contributed by atoms with Gasteiger partial charge in [0.25, 0.3) is 0 Å². The summed E-state index contributed by atoms with van der Waals surface area (Å²) in [5, 5.41) is 1.23. The number of nitrogens with zero attached hydrogens (tertiary/aromatic N) is 1. The summed E-state index contributed by atoms with van der Waals surface area (Å²) in [7, 11) is 0. The van der Waals surface area contributed by atoms with Crippen LogP contribution in [0.5, 0.6) is 0 Å². The fourth-order valence-corrected chi connectivity index (χ4v) is 3.68. The van der Waals surface area contributed by atoms with E-state index in [4.69, 9.17) is 4.98 Å². The lowest BCUT2D eigenvalue weighted by Crippen LogP contribution is -1.83. The average Bonchev–Trinajstić information content (AvgIpc) is 2.68. The lowest BCUT2D eigenvalue weighted by molar-refractivity contribution is 1.26. The van der Waals surface area contributed by atoms with Gasteiger partial charge in [0.05, 0.1) is 5.69 Å². The molecule has 2 aromatic rings. The second-order valence-electron chi connectivity index (χ2n) is 3.66. The second-order valence-corrected chi connectivity index (χ2v) is 7.14. The predicted molar refractivity (Wildman–Crippen MR) is 81.8 cm³/mol. The standard InChI is InChI=1S/C13H14BrNS2/c1-3-16-8-12-15-13(9(2)17-12)10-5-4-6-11(14)7-10/h4-7H,3,8H2,1-2H3. The summed E-state index contributed by atoms with van der Waals surface area (Å²) >= 11 is 7.23. The largest absolute Gasteiger partial charge is 0.240 e. The molecule has 1 aromatic carbocycles. The third kappa shape index (κ3) is 3.33. The zero-order valence-electron chi connectivity index (χ0n) is 9.87. The van der Waals surface area contributed by atoms with Crippen molar-refractivity contribution < 1.29 is 0 Å². The number of hydrogen-bond acceptors (Lipinski definition) is 3. The Labute approximate surface area is 119 Å². The van der Waals surface area contributed by atoms with Gasteiger partial charge in [0, 0.05) is 20.7 Å². The molecule has 1 heterocycles. The van der Waals surface area contributed by atoms with Crippen LogP contribution in [0.15, 0.2) is 28.7 Å². The molecule has 17 heavy (non-hydrogen) atoms. The van der Waals surface area contributed by atoms with Gasteiger partial charge in [-0.15, -0.1) is 11.3 Å². The average molecular weight is 328 g/mol. The molecule has 0 fully saturated rings. The Morgan fingerprint density at radius 3 is 2.94 bits per heavy atom. The minimum atomic E-state index is 1.02. The van der Waals surface area contributed by atoms with Crippen molar-refractivity contribution in [2.45, 2.75) is 19.6 Å². The zero-order valence-corrected chi connectivity index (χ0v) is 13.1. The van der Waals surface area contributed by atoms with Crippen molar-refractivity contribution in [3.05, 3.63) is 38.6 Å². The van der Waals surface area contributed by atoms with E-state index in [0.29, 0.717) is 0 Å². The molecule has 0 saturated carbocycles. The first-order valence-electron chi connectivity index (χ1n) is 5.50. The Hall–Kier alpha value is -0.320. The molecule has 0 N–H and O–H groups in total. The van der Waals surface area contributed by atoms with Gasteiger partial charge >= 0.3 is 0 Å². The number of thiazole rings is 1. The van der Waals surface area contributed by atoms with E-state index in [1.807, 2.05) is 29.2 Å². The summed E-state index contributed by atoms with van der Waals surface area (Å²) < 4.78 is 1.10. The maximum absolute atomic E-state index is 4.74. The monoisotopic (exact) mass is 327 g/mol. The summed E-state index contributed by atoms with van der Waals surface area (Å²) in [4.78, 5) is 6.04. The third-order valence-electron chi connectivity index (χ3n) is 2.37. The molecule has 1 nitrogen and oxygen atoms in total. The molecular formula is C13H14BrNS2. The SMILES string of the molecule is CCSCc1nc(-c2cccc(Br)c2)c(C)s1. The Balaban J connectivity index is 2.29. The lowest BCUT2D eigenvalue weighted by Gasteiger charge is -1.99. The van der Waals surface area contributed by atoms with Gasteiger partial charge in [-0.25, -0.2) is 4.98 Å². The summed E-state index contributed by atoms with van der Waals surface area (Å²) in [5.41, 5.74) is 2.32. The highest BCUT2D eigenvalue weighted by atomic mass is 79.9. The first-order valence-corrected chi connectivity index (χ1v) is 8.27. The van der Waals surface area contributed by atoms with E-state index in [9.17, 15) is 0 Å². The molecule has 1 aromatic heterocycles. The molecule has 0 amide bonds. The predicted octanol–water partition coefficient (Wildman–Crippen LogP) is 5.13. The second kappa shape index (κ2) is 6.03. The van der Waals surface area contributed by atoms with Crippen LogP contribution < -0.4 is 0 Å². The Morgan fingerprint density at radius 1 is 1.41 bits per heavy atom. The number of thioether (sulfide) groups is 1. The van der Waals surface area contributed by atoms with Crippen LogP contribution in [-0.4, -0.2) is 10.7 Å². The van der Waals surface area contributed by atoms with Crippen LogP contribution in [0.4, 0.5) is 0 Å². The number of aryl methyl sites for hydroxylation is 1. The van der Waals surface area contributed by atoms with E-state index in [0.717, 1.165) is 21.7 Å². The fraction of sp³-hybridized carbons (Fsp3) is 0.308. The van der Waals surface area contributed by atoms with E-state index >= 15 is 0 Å². The minimum Gasteiger partial charge on any atom is -0.240 e. The number of rotatable bonds is 4. The Morgan fingerprint density at radius 2 is 2.24 bits per heavy atom. The highest BCUT2D eigenvalue weighted by Crippen LogP contribution is 2.30. The maximum atomic E-state index is 4.74. The zero-order chi connectivity index (χ0) is 12.3. The van der Waals surface area contributed by atoms with E-state index in [-0.39, 0.29) is 0 Å². The highest BCUT2D eigenvalue weighted by Gasteiger charge is 2.09. The van der Waals surface area contributed by atoms with E-state index in [1.165, 1.54) is 15.4 Å². The summed E-state index contributed by atoms with van der Waals surface area (Å²) in [6.07, 6.45) is 0. The molecule has 0 unspecified atom stereocenters. The van der Waals surface area contributed by atoms with Crippen molar-refractivity contribution >= 4 is 39.0 Å². The molecule has 90 valence electrons. The maximum Gasteiger partial charge on any atom is 0.103 e. The van der Waals surface area contributed by atoms with E-state index < -0.39 is 0 Å². The minimum absolute atomic E-state index is 1.02. The summed E-state index contributed by atoms with van der Waals surface area (Å²) in [6, 6.07) is 8.33. The van der Waals surface area contributed by atoms with Gasteiger partial charge in [0.2, 0.25) is 0 Å². The molecule has 0 saturated heterocycles. The van der Waals surface area contributed by atoms with Gasteiger partial charge in [-0.3, -0.25) is 0 Å². The molecular weight excluding hydrogens is 314 g/mol. The van der Waals surface area contributed by atoms with Gasteiger partial charge in [-0.2, -0.15) is 11.8 Å². The van der Waals surface area contributed by atoms with Crippen LogP contribution in [0.3, 0.4) is 0 Å². The lowest BCUT2D eigenvalue weighted by atomic mass is 10.1. The topological polar surface area (TPSA) is 12.9 Å². The van der Waals surface area contributed by atoms with Crippen LogP contribution in [0, 0.1) is 6.92 Å². The van der Waals surface area contributed by atoms with Gasteiger partial charge in [-0.1, -0.05) is 35.0 Å². The molecule has 0 atom stereocenters. The summed E-state index contributed by atoms with van der Waals surface area (Å²) in [5.74, 6) is 2.17. The molecule has 0 aliphatic carbocycles. The number of aromatic nitrogens is 1. The Kier molecular flexibility index (Phi) is 4.65. The van der Waals surface area contributed by atoms with Crippen molar-refractivity contribution in [1.82, 2.24) is 4.98 Å². The van der Waals surface area contributed by atoms with Gasteiger partial charge in [0.15, 0.2) is 0 Å². The van der Waals surface area contributed by atoms with Crippen molar-refractivity contribution in [3.63, 3.8) is 0 Å². The van der Waals surface area contributed by atoms with Crippen molar-refractivity contribution in [1.29, 1.82) is 0 Å². The first kappa shape index (κ1) is 13.1. The smallest absolute Gasteiger partial charge is 0.103 e. The molecule has 4 heteroatoms. The van der Waals surface area contributed by atoms with Crippen LogP contribution in [0.1, 0.15) is 16.8 Å². The summed E-state index contributed by atoms with van der Waals surface area (Å²) in [6.45, 7) is 4.33. The quantitative estimate of drug-likeness (QED) is 0.771. The van der Waals surface area contributed by atoms with Crippen LogP contribution in [0.25, 0.3) is 11.3 Å². The molecule has 0 aliphatic rings. The normalized spacial score (nSPS) is 10.8. The molecule has 0 bridgehead atoms. The Bertz CT molecular complexity index is 508. The van der Waals surface area contributed by atoms with Crippen molar-refractivity contribution in [2.75, 3.05) is 5.75 Å². The van der Waals surface area contributed by atoms with Gasteiger partial charge in [0.1, 0.15) is 5.01 Å². The van der Waals surface area contributed by atoms with Crippen molar-refractivity contribution in [2.24, 2.45) is 0 Å². The van der Waals surface area contributed by atoms with Crippen LogP contribution in [-0.2, 0) is 5.75 Å². The first-order chi connectivity index (χ1) is 8.20. The van der Waals surface area contributed by atoms with Crippen LogP contribution in [0.2, 0.25) is 0 Å². The van der Waals surface area contributed by atoms with E-state index in [1.54, 1.807) is 0 Å². The number of halogens is 1. The fourth-order valence-electron chi connectivity index (χ4n) is 1.61. The molecule has 0 radical (unpaired) electrons. The molecule has 0 spiro atoms. The number of benzene rings is 1. The number of hydrogen-bond donors (Lipinski definition) is 0. The van der Waals surface area contributed by atoms with Crippen molar-refractivity contribution in [3.8, 4) is 11.3 Å². The van der Waals surface area contributed by atoms with Crippen LogP contribution >= 0.6 is 39.0 Å². The molecule has 2 rings (SSSR count). The van der Waals surface area contributed by atoms with Gasteiger partial charge in [-0.05, 0) is 24.8 Å². The highest BCUT2D eigenvalue weighted by molar-refractivity contribution is 9.10. The van der Waals surface area contributed by atoms with E-state index in [2.05, 4.69) is 48.0 Å².